The van der Waals surface area contributed by atoms with E-state index in [0.717, 1.165) is 23.8 Å². The summed E-state index contributed by atoms with van der Waals surface area (Å²) in [5, 5.41) is 9.68. The van der Waals surface area contributed by atoms with E-state index in [1.807, 2.05) is 0 Å². The van der Waals surface area contributed by atoms with Gasteiger partial charge in [0.1, 0.15) is 17.4 Å². The van der Waals surface area contributed by atoms with E-state index in [1.165, 1.54) is 17.0 Å². The molecule has 0 atom stereocenters. The Morgan fingerprint density at radius 2 is 1.80 bits per heavy atom. The lowest BCUT2D eigenvalue weighted by Crippen LogP contribution is -2.29. The number of amides is 1. The van der Waals surface area contributed by atoms with Crippen LogP contribution >= 0.6 is 0 Å². The van der Waals surface area contributed by atoms with Gasteiger partial charge in [-0.05, 0) is 42.3 Å². The average molecular weight is 275 g/mol. The summed E-state index contributed by atoms with van der Waals surface area (Å²) in [4.78, 5) is 13.7. The van der Waals surface area contributed by atoms with Gasteiger partial charge in [0.05, 0.1) is 11.3 Å². The van der Waals surface area contributed by atoms with Crippen LogP contribution in [0.3, 0.4) is 0 Å². The monoisotopic (exact) mass is 275 g/mol. The number of nitrogens with zero attached hydrogens (tertiary/aromatic N) is 1. The van der Waals surface area contributed by atoms with Crippen molar-refractivity contribution < 1.29 is 18.7 Å². The largest absolute Gasteiger partial charge is 0.507 e. The van der Waals surface area contributed by atoms with E-state index in [-0.39, 0.29) is 11.3 Å². The van der Waals surface area contributed by atoms with Crippen molar-refractivity contribution in [1.29, 1.82) is 0 Å². The third kappa shape index (κ3) is 2.01. The number of carbonyl (C=O) groups is 1. The van der Waals surface area contributed by atoms with Crippen molar-refractivity contribution in [3.8, 4) is 5.75 Å². The molecular formula is C15H11F2NO2. The zero-order valence-corrected chi connectivity index (χ0v) is 10.4. The molecule has 1 heterocycles. The van der Waals surface area contributed by atoms with E-state index in [2.05, 4.69) is 0 Å². The highest BCUT2D eigenvalue weighted by molar-refractivity contribution is 6.08. The normalized spacial score (nSPS) is 13.4. The van der Waals surface area contributed by atoms with Crippen molar-refractivity contribution in [2.45, 2.75) is 6.42 Å². The Morgan fingerprint density at radius 3 is 2.60 bits per heavy atom. The van der Waals surface area contributed by atoms with Crippen molar-refractivity contribution in [1.82, 2.24) is 0 Å². The first-order chi connectivity index (χ1) is 9.56. The second-order valence-electron chi connectivity index (χ2n) is 4.64. The molecule has 3 nitrogen and oxygen atoms in total. The highest BCUT2D eigenvalue weighted by Crippen LogP contribution is 2.31. The SMILES string of the molecule is O=C(c1cc(F)ccc1O)N1CCc2ccc(F)cc21. The first-order valence-corrected chi connectivity index (χ1v) is 6.15. The van der Waals surface area contributed by atoms with Crippen molar-refractivity contribution in [2.24, 2.45) is 0 Å². The van der Waals surface area contributed by atoms with E-state index in [0.29, 0.717) is 18.7 Å². The summed E-state index contributed by atoms with van der Waals surface area (Å²) >= 11 is 0. The highest BCUT2D eigenvalue weighted by Gasteiger charge is 2.27. The molecular weight excluding hydrogens is 264 g/mol. The lowest BCUT2D eigenvalue weighted by Gasteiger charge is -2.18. The molecule has 0 saturated heterocycles. The van der Waals surface area contributed by atoms with Crippen LogP contribution in [0.1, 0.15) is 15.9 Å². The Bertz CT molecular complexity index is 700. The number of anilines is 1. The van der Waals surface area contributed by atoms with Crippen LogP contribution in [-0.2, 0) is 6.42 Å². The van der Waals surface area contributed by atoms with E-state index in [1.54, 1.807) is 6.07 Å². The molecule has 2 aromatic carbocycles. The molecule has 1 N–H and O–H groups in total. The number of hydrogen-bond donors (Lipinski definition) is 1. The molecule has 0 radical (unpaired) electrons. The second-order valence-corrected chi connectivity index (χ2v) is 4.64. The first kappa shape index (κ1) is 12.6. The Balaban J connectivity index is 2.01. The number of phenolic OH excluding ortho intramolecular Hbond substituents is 1. The maximum Gasteiger partial charge on any atom is 0.262 e. The molecule has 3 rings (SSSR count). The van der Waals surface area contributed by atoms with Crippen molar-refractivity contribution in [3.05, 3.63) is 59.2 Å². The number of phenols is 1. The standard InChI is InChI=1S/C15H11F2NO2/c16-10-3-4-14(19)12(7-10)15(20)18-6-5-9-1-2-11(17)8-13(9)18/h1-4,7-8,19H,5-6H2. The van der Waals surface area contributed by atoms with Crippen LogP contribution in [0.5, 0.6) is 5.75 Å². The minimum Gasteiger partial charge on any atom is -0.507 e. The van der Waals surface area contributed by atoms with Crippen molar-refractivity contribution >= 4 is 11.6 Å². The molecule has 5 heteroatoms. The van der Waals surface area contributed by atoms with Gasteiger partial charge in [0.2, 0.25) is 0 Å². The third-order valence-corrected chi connectivity index (χ3v) is 3.38. The summed E-state index contributed by atoms with van der Waals surface area (Å²) in [7, 11) is 0. The molecule has 0 saturated carbocycles. The molecule has 20 heavy (non-hydrogen) atoms. The predicted molar refractivity (Wildman–Crippen MR) is 69.8 cm³/mol. The van der Waals surface area contributed by atoms with Gasteiger partial charge < -0.3 is 10.0 Å². The van der Waals surface area contributed by atoms with Crippen LogP contribution in [0.25, 0.3) is 0 Å². The third-order valence-electron chi connectivity index (χ3n) is 3.38. The van der Waals surface area contributed by atoms with E-state index in [4.69, 9.17) is 0 Å². The number of fused-ring (bicyclic) bond motifs is 1. The Morgan fingerprint density at radius 1 is 1.10 bits per heavy atom. The van der Waals surface area contributed by atoms with Gasteiger partial charge in [-0.25, -0.2) is 8.78 Å². The number of benzene rings is 2. The number of aromatic hydroxyl groups is 1. The van der Waals surface area contributed by atoms with Gasteiger partial charge in [-0.3, -0.25) is 4.79 Å². The summed E-state index contributed by atoms with van der Waals surface area (Å²) in [5.74, 6) is -1.87. The van der Waals surface area contributed by atoms with E-state index in [9.17, 15) is 18.7 Å². The van der Waals surface area contributed by atoms with Gasteiger partial charge in [0.25, 0.3) is 5.91 Å². The molecule has 1 aliphatic heterocycles. The Hall–Kier alpha value is -2.43. The maximum atomic E-state index is 13.3. The van der Waals surface area contributed by atoms with E-state index >= 15 is 0 Å². The first-order valence-electron chi connectivity index (χ1n) is 6.15. The molecule has 0 fully saturated rings. The second kappa shape index (κ2) is 4.59. The maximum absolute atomic E-state index is 13.3. The van der Waals surface area contributed by atoms with Gasteiger partial charge >= 0.3 is 0 Å². The zero-order valence-electron chi connectivity index (χ0n) is 10.4. The Labute approximate surface area is 114 Å². The number of carbonyl (C=O) groups excluding carboxylic acids is 1. The molecule has 0 spiro atoms. The summed E-state index contributed by atoms with van der Waals surface area (Å²) in [5.41, 5.74) is 1.21. The van der Waals surface area contributed by atoms with Crippen LogP contribution in [0.4, 0.5) is 14.5 Å². The van der Waals surface area contributed by atoms with Crippen LogP contribution in [0, 0.1) is 11.6 Å². The molecule has 102 valence electrons. The minimum absolute atomic E-state index is 0.123. The molecule has 0 unspecified atom stereocenters. The molecule has 1 amide bonds. The summed E-state index contributed by atoms with van der Waals surface area (Å²) < 4.78 is 26.5. The van der Waals surface area contributed by atoms with Gasteiger partial charge in [-0.2, -0.15) is 0 Å². The lowest BCUT2D eigenvalue weighted by atomic mass is 10.1. The highest BCUT2D eigenvalue weighted by atomic mass is 19.1. The molecule has 2 aromatic rings. The number of halogens is 2. The summed E-state index contributed by atoms with van der Waals surface area (Å²) in [6, 6.07) is 7.43. The number of hydrogen-bond acceptors (Lipinski definition) is 2. The average Bonchev–Trinajstić information content (AvgIpc) is 2.83. The minimum atomic E-state index is -0.607. The fraction of sp³-hybridized carbons (Fsp3) is 0.133. The van der Waals surface area contributed by atoms with Crippen molar-refractivity contribution in [3.63, 3.8) is 0 Å². The van der Waals surface area contributed by atoms with Gasteiger partial charge in [0.15, 0.2) is 0 Å². The van der Waals surface area contributed by atoms with Gasteiger partial charge in [0, 0.05) is 6.54 Å². The van der Waals surface area contributed by atoms with Gasteiger partial charge in [-0.1, -0.05) is 6.07 Å². The van der Waals surface area contributed by atoms with Crippen LogP contribution in [-0.4, -0.2) is 17.6 Å². The molecule has 1 aliphatic rings. The molecule has 0 aliphatic carbocycles. The van der Waals surface area contributed by atoms with Crippen LogP contribution in [0.15, 0.2) is 36.4 Å². The number of rotatable bonds is 1. The molecule has 0 bridgehead atoms. The molecule has 0 aromatic heterocycles. The fourth-order valence-electron chi connectivity index (χ4n) is 2.39. The quantitative estimate of drug-likeness (QED) is 0.869. The smallest absolute Gasteiger partial charge is 0.262 e. The zero-order chi connectivity index (χ0) is 14.3. The lowest BCUT2D eigenvalue weighted by molar-refractivity contribution is 0.0986. The predicted octanol–water partition coefficient (Wildman–Crippen LogP) is 2.87. The van der Waals surface area contributed by atoms with E-state index < -0.39 is 17.5 Å². The fourth-order valence-corrected chi connectivity index (χ4v) is 2.39. The topological polar surface area (TPSA) is 40.5 Å². The summed E-state index contributed by atoms with van der Waals surface area (Å²) in [6.07, 6.45) is 0.609. The van der Waals surface area contributed by atoms with Crippen LogP contribution < -0.4 is 4.90 Å². The summed E-state index contributed by atoms with van der Waals surface area (Å²) in [6.45, 7) is 0.383. The van der Waals surface area contributed by atoms with Gasteiger partial charge in [-0.15, -0.1) is 0 Å². The Kier molecular flexibility index (Phi) is 2.89. The van der Waals surface area contributed by atoms with Crippen molar-refractivity contribution in [2.75, 3.05) is 11.4 Å². The van der Waals surface area contributed by atoms with Crippen LogP contribution in [0.2, 0.25) is 0 Å².